The van der Waals surface area contributed by atoms with Crippen LogP contribution in [0, 0.1) is 0 Å². The number of hydrogen-bond acceptors (Lipinski definition) is 4. The van der Waals surface area contributed by atoms with Gasteiger partial charge in [0.2, 0.25) is 0 Å². The number of ether oxygens (including phenoxy) is 3. The van der Waals surface area contributed by atoms with Gasteiger partial charge in [-0.05, 0) is 19.8 Å². The predicted molar refractivity (Wildman–Crippen MR) is 71.1 cm³/mol. The molecule has 0 aromatic heterocycles. The van der Waals surface area contributed by atoms with E-state index in [2.05, 4.69) is 22.6 Å². The molecule has 0 amide bonds. The summed E-state index contributed by atoms with van der Waals surface area (Å²) in [5.41, 5.74) is 0. The van der Waals surface area contributed by atoms with E-state index < -0.39 is 5.79 Å². The van der Waals surface area contributed by atoms with E-state index in [1.807, 2.05) is 6.92 Å². The number of carbonyl (C=O) groups is 1. The third-order valence-corrected chi connectivity index (χ3v) is 5.05. The van der Waals surface area contributed by atoms with Crippen molar-refractivity contribution in [2.24, 2.45) is 0 Å². The lowest BCUT2D eigenvalue weighted by atomic mass is 9.93. The predicted octanol–water partition coefficient (Wildman–Crippen LogP) is 2.43. The topological polar surface area (TPSA) is 44.8 Å². The highest BCUT2D eigenvalue weighted by atomic mass is 127. The Balaban J connectivity index is 2.12. The van der Waals surface area contributed by atoms with Crippen LogP contribution in [0.25, 0.3) is 0 Å². The van der Waals surface area contributed by atoms with Crippen LogP contribution in [-0.2, 0) is 19.0 Å². The molecule has 0 unspecified atom stereocenters. The molecular weight excluding hydrogens is 335 g/mol. The number of esters is 1. The van der Waals surface area contributed by atoms with E-state index in [0.717, 1.165) is 32.3 Å². The smallest absolute Gasteiger partial charge is 0.302 e. The van der Waals surface area contributed by atoms with Gasteiger partial charge in [-0.3, -0.25) is 4.79 Å². The van der Waals surface area contributed by atoms with Crippen LogP contribution < -0.4 is 0 Å². The van der Waals surface area contributed by atoms with Crippen molar-refractivity contribution in [2.75, 3.05) is 6.61 Å². The molecule has 2 rings (SSSR count). The normalized spacial score (nSPS) is 42.4. The van der Waals surface area contributed by atoms with Crippen molar-refractivity contribution >= 4 is 28.6 Å². The minimum absolute atomic E-state index is 0.0699. The van der Waals surface area contributed by atoms with Gasteiger partial charge in [-0.1, -0.05) is 22.6 Å². The van der Waals surface area contributed by atoms with Crippen LogP contribution in [0.4, 0.5) is 0 Å². The summed E-state index contributed by atoms with van der Waals surface area (Å²) in [6.07, 6.45) is 3.81. The molecule has 4 atom stereocenters. The van der Waals surface area contributed by atoms with Crippen molar-refractivity contribution in [3.05, 3.63) is 0 Å². The van der Waals surface area contributed by atoms with Gasteiger partial charge in [-0.2, -0.15) is 0 Å². The molecule has 98 valence electrons. The second-order valence-electron chi connectivity index (χ2n) is 4.83. The summed E-state index contributed by atoms with van der Waals surface area (Å²) in [7, 11) is 0. The Labute approximate surface area is 116 Å². The molecule has 2 aliphatic heterocycles. The van der Waals surface area contributed by atoms with Crippen LogP contribution in [0.2, 0.25) is 0 Å². The number of carbonyl (C=O) groups excluding carboxylic acids is 1. The zero-order valence-electron chi connectivity index (χ0n) is 10.3. The molecule has 1 spiro atoms. The van der Waals surface area contributed by atoms with Gasteiger partial charge in [0.1, 0.15) is 10.0 Å². The van der Waals surface area contributed by atoms with Crippen molar-refractivity contribution in [3.63, 3.8) is 0 Å². The van der Waals surface area contributed by atoms with Crippen LogP contribution in [0.5, 0.6) is 0 Å². The summed E-state index contributed by atoms with van der Waals surface area (Å²) in [6.45, 7) is 4.20. The molecule has 0 N–H and O–H groups in total. The van der Waals surface area contributed by atoms with E-state index in [9.17, 15) is 4.79 Å². The molecule has 0 aliphatic carbocycles. The molecule has 2 heterocycles. The molecule has 0 aromatic carbocycles. The highest BCUT2D eigenvalue weighted by Gasteiger charge is 2.51. The Kier molecular flexibility index (Phi) is 4.31. The zero-order chi connectivity index (χ0) is 12.5. The first kappa shape index (κ1) is 13.5. The number of hydrogen-bond donors (Lipinski definition) is 0. The largest absolute Gasteiger partial charge is 0.461 e. The van der Waals surface area contributed by atoms with Crippen LogP contribution in [0.3, 0.4) is 0 Å². The maximum Gasteiger partial charge on any atom is 0.302 e. The number of rotatable bonds is 1. The molecule has 0 aromatic rings. The third-order valence-electron chi connectivity index (χ3n) is 3.29. The summed E-state index contributed by atoms with van der Waals surface area (Å²) >= 11 is 2.31. The zero-order valence-corrected chi connectivity index (χ0v) is 12.4. The minimum atomic E-state index is -0.545. The van der Waals surface area contributed by atoms with Crippen molar-refractivity contribution in [1.29, 1.82) is 0 Å². The lowest BCUT2D eigenvalue weighted by Crippen LogP contribution is -2.58. The first-order valence-corrected chi connectivity index (χ1v) is 7.41. The summed E-state index contributed by atoms with van der Waals surface area (Å²) in [5, 5.41) is 0. The molecule has 0 bridgehead atoms. The fourth-order valence-electron chi connectivity index (χ4n) is 2.61. The van der Waals surface area contributed by atoms with E-state index in [1.165, 1.54) is 6.92 Å². The minimum Gasteiger partial charge on any atom is -0.461 e. The molecule has 0 saturated carbocycles. The maximum absolute atomic E-state index is 11.1. The summed E-state index contributed by atoms with van der Waals surface area (Å²) in [5.74, 6) is -0.770. The van der Waals surface area contributed by atoms with Gasteiger partial charge in [-0.25, -0.2) is 0 Å². The first-order chi connectivity index (χ1) is 8.03. The van der Waals surface area contributed by atoms with Crippen LogP contribution in [0.15, 0.2) is 0 Å². The fourth-order valence-corrected chi connectivity index (χ4v) is 3.68. The van der Waals surface area contributed by atoms with Crippen molar-refractivity contribution in [1.82, 2.24) is 0 Å². The third kappa shape index (κ3) is 2.93. The molecule has 17 heavy (non-hydrogen) atoms. The Morgan fingerprint density at radius 2 is 2.24 bits per heavy atom. The average Bonchev–Trinajstić information content (AvgIpc) is 2.26. The van der Waals surface area contributed by atoms with E-state index in [4.69, 9.17) is 14.2 Å². The second-order valence-corrected chi connectivity index (χ2v) is 6.17. The number of halogens is 1. The molecule has 0 radical (unpaired) electrons. The van der Waals surface area contributed by atoms with Crippen LogP contribution in [-0.4, -0.2) is 34.5 Å². The second kappa shape index (κ2) is 5.40. The monoisotopic (exact) mass is 354 g/mol. The maximum atomic E-state index is 11.1. The molecule has 2 fully saturated rings. The SMILES string of the molecule is CC(=O)O[C@@H]1C[C@@H](C)O[C@@]2(CCCCO2)[C@H]1I. The average molecular weight is 354 g/mol. The Morgan fingerprint density at radius 3 is 2.82 bits per heavy atom. The summed E-state index contributed by atoms with van der Waals surface area (Å²) in [4.78, 5) is 11.1. The van der Waals surface area contributed by atoms with E-state index in [1.54, 1.807) is 0 Å². The van der Waals surface area contributed by atoms with Gasteiger partial charge < -0.3 is 14.2 Å². The molecular formula is C12H19IO4. The fraction of sp³-hybridized carbons (Fsp3) is 0.917. The van der Waals surface area contributed by atoms with Crippen molar-refractivity contribution in [2.45, 2.75) is 61.5 Å². The van der Waals surface area contributed by atoms with Gasteiger partial charge in [0.05, 0.1) is 12.7 Å². The van der Waals surface area contributed by atoms with E-state index >= 15 is 0 Å². The van der Waals surface area contributed by atoms with E-state index in [0.29, 0.717) is 0 Å². The highest BCUT2D eigenvalue weighted by Crippen LogP contribution is 2.42. The molecule has 2 saturated heterocycles. The van der Waals surface area contributed by atoms with Gasteiger partial charge in [0.25, 0.3) is 0 Å². The van der Waals surface area contributed by atoms with E-state index in [-0.39, 0.29) is 22.1 Å². The van der Waals surface area contributed by atoms with Gasteiger partial charge in [-0.15, -0.1) is 0 Å². The van der Waals surface area contributed by atoms with Gasteiger partial charge in [0, 0.05) is 19.8 Å². The number of alkyl halides is 1. The Morgan fingerprint density at radius 1 is 1.47 bits per heavy atom. The van der Waals surface area contributed by atoms with Crippen LogP contribution in [0.1, 0.15) is 39.5 Å². The Bertz CT molecular complexity index is 288. The van der Waals surface area contributed by atoms with Crippen molar-refractivity contribution < 1.29 is 19.0 Å². The lowest BCUT2D eigenvalue weighted by Gasteiger charge is -2.48. The van der Waals surface area contributed by atoms with Gasteiger partial charge >= 0.3 is 5.97 Å². The van der Waals surface area contributed by atoms with Gasteiger partial charge in [0.15, 0.2) is 5.79 Å². The lowest BCUT2D eigenvalue weighted by molar-refractivity contribution is -0.299. The first-order valence-electron chi connectivity index (χ1n) is 6.16. The molecule has 4 nitrogen and oxygen atoms in total. The molecule has 5 heteroatoms. The quantitative estimate of drug-likeness (QED) is 0.412. The van der Waals surface area contributed by atoms with Crippen LogP contribution >= 0.6 is 22.6 Å². The summed E-state index contributed by atoms with van der Waals surface area (Å²) < 4.78 is 17.4. The summed E-state index contributed by atoms with van der Waals surface area (Å²) in [6, 6.07) is 0. The van der Waals surface area contributed by atoms with Crippen molar-refractivity contribution in [3.8, 4) is 0 Å². The Hall–Kier alpha value is 0.120. The molecule has 2 aliphatic rings. The standard InChI is InChI=1S/C12H19IO4/c1-8-7-10(16-9(2)14)11(13)12(17-8)5-3-4-6-15-12/h8,10-11H,3-7H2,1-2H3/t8-,10-,11+,12+/m1/s1. The highest BCUT2D eigenvalue weighted by molar-refractivity contribution is 14.1.